The van der Waals surface area contributed by atoms with Gasteiger partial charge in [0.05, 0.1) is 4.92 Å². The van der Waals surface area contributed by atoms with Gasteiger partial charge in [-0.3, -0.25) is 19.7 Å². The van der Waals surface area contributed by atoms with Gasteiger partial charge in [-0.25, -0.2) is 0 Å². The molecule has 0 bridgehead atoms. The summed E-state index contributed by atoms with van der Waals surface area (Å²) < 4.78 is 0. The Morgan fingerprint density at radius 1 is 1.30 bits per heavy atom. The summed E-state index contributed by atoms with van der Waals surface area (Å²) in [7, 11) is 1.55. The number of piperazine rings is 1. The lowest BCUT2D eigenvalue weighted by atomic mass is 10.1. The summed E-state index contributed by atoms with van der Waals surface area (Å²) in [5.74, 6) is -1.20. The van der Waals surface area contributed by atoms with Crippen LogP contribution in [0.25, 0.3) is 0 Å². The zero-order valence-corrected chi connectivity index (χ0v) is 10.9. The van der Waals surface area contributed by atoms with Crippen LogP contribution in [-0.4, -0.2) is 46.7 Å². The maximum Gasteiger partial charge on any atom is 0.312 e. The first kappa shape index (κ1) is 13.8. The maximum atomic E-state index is 11.8. The molecule has 1 fully saturated rings. The van der Waals surface area contributed by atoms with E-state index in [-0.39, 0.29) is 12.2 Å². The van der Waals surface area contributed by atoms with Crippen molar-refractivity contribution in [2.75, 3.05) is 25.9 Å². The van der Waals surface area contributed by atoms with Crippen LogP contribution < -0.4 is 5.73 Å². The molecule has 1 aliphatic heterocycles. The van der Waals surface area contributed by atoms with Gasteiger partial charge in [0.1, 0.15) is 0 Å². The van der Waals surface area contributed by atoms with E-state index in [1.54, 1.807) is 7.05 Å². The predicted octanol–water partition coefficient (Wildman–Crippen LogP) is -0.0224. The molecule has 0 saturated carbocycles. The normalized spacial score (nSPS) is 15.7. The average Bonchev–Trinajstić information content (AvgIpc) is 2.41. The van der Waals surface area contributed by atoms with Crippen molar-refractivity contribution in [1.82, 2.24) is 9.80 Å². The molecule has 0 atom stereocenters. The molecule has 2 rings (SSSR count). The Morgan fingerprint density at radius 3 is 2.65 bits per heavy atom. The van der Waals surface area contributed by atoms with Crippen molar-refractivity contribution in [3.8, 4) is 0 Å². The van der Waals surface area contributed by atoms with Gasteiger partial charge in [0.2, 0.25) is 0 Å². The van der Waals surface area contributed by atoms with Crippen LogP contribution in [0.3, 0.4) is 0 Å². The van der Waals surface area contributed by atoms with Crippen LogP contribution in [0.4, 0.5) is 11.4 Å². The minimum atomic E-state index is -0.621. The van der Waals surface area contributed by atoms with E-state index in [4.69, 9.17) is 5.73 Å². The number of nitro benzene ring substituents is 1. The van der Waals surface area contributed by atoms with E-state index in [1.165, 1.54) is 28.0 Å². The van der Waals surface area contributed by atoms with E-state index < -0.39 is 16.7 Å². The number of nitro groups is 1. The number of hydrogen-bond acceptors (Lipinski definition) is 5. The number of amides is 2. The van der Waals surface area contributed by atoms with E-state index in [1.807, 2.05) is 0 Å². The van der Waals surface area contributed by atoms with Crippen molar-refractivity contribution in [3.05, 3.63) is 33.9 Å². The molecule has 0 aromatic heterocycles. The van der Waals surface area contributed by atoms with Crippen molar-refractivity contribution in [2.45, 2.75) is 6.54 Å². The highest BCUT2D eigenvalue weighted by Crippen LogP contribution is 2.22. The Hall–Kier alpha value is -2.64. The lowest BCUT2D eigenvalue weighted by Crippen LogP contribution is -2.52. The predicted molar refractivity (Wildman–Crippen MR) is 70.6 cm³/mol. The molecule has 1 saturated heterocycles. The summed E-state index contributed by atoms with van der Waals surface area (Å²) in [6, 6.07) is 4.05. The van der Waals surface area contributed by atoms with Crippen LogP contribution in [0, 0.1) is 10.1 Å². The van der Waals surface area contributed by atoms with E-state index in [2.05, 4.69) is 0 Å². The SMILES string of the molecule is CN1CCN(Cc2cc([N+](=O)[O-])ccc2N)C(=O)C1=O. The number of benzene rings is 1. The number of nitrogens with zero attached hydrogens (tertiary/aromatic N) is 3. The number of anilines is 1. The highest BCUT2D eigenvalue weighted by molar-refractivity contribution is 6.35. The van der Waals surface area contributed by atoms with Crippen LogP contribution in [0.5, 0.6) is 0 Å². The second-order valence-corrected chi connectivity index (χ2v) is 4.59. The molecule has 20 heavy (non-hydrogen) atoms. The third kappa shape index (κ3) is 2.53. The fourth-order valence-electron chi connectivity index (χ4n) is 1.97. The number of rotatable bonds is 3. The molecule has 1 aliphatic rings. The third-order valence-electron chi connectivity index (χ3n) is 3.22. The Morgan fingerprint density at radius 2 is 2.00 bits per heavy atom. The van der Waals surface area contributed by atoms with Gasteiger partial charge in [0, 0.05) is 50.1 Å². The molecule has 8 nitrogen and oxygen atoms in total. The van der Waals surface area contributed by atoms with Crippen LogP contribution >= 0.6 is 0 Å². The fourth-order valence-corrected chi connectivity index (χ4v) is 1.97. The van der Waals surface area contributed by atoms with Crippen molar-refractivity contribution in [2.24, 2.45) is 0 Å². The maximum absolute atomic E-state index is 11.8. The Labute approximate surface area is 114 Å². The van der Waals surface area contributed by atoms with Crippen LogP contribution in [0.2, 0.25) is 0 Å². The number of non-ortho nitro benzene ring substituents is 1. The zero-order valence-electron chi connectivity index (χ0n) is 10.9. The van der Waals surface area contributed by atoms with E-state index in [9.17, 15) is 19.7 Å². The molecule has 1 aromatic rings. The first-order chi connectivity index (χ1) is 9.40. The number of carbonyl (C=O) groups excluding carboxylic acids is 2. The second kappa shape index (κ2) is 5.16. The van der Waals surface area contributed by atoms with Gasteiger partial charge in [-0.2, -0.15) is 0 Å². The number of carbonyl (C=O) groups is 2. The summed E-state index contributed by atoms with van der Waals surface area (Å²) in [4.78, 5) is 36.3. The van der Waals surface area contributed by atoms with Crippen molar-refractivity contribution in [1.29, 1.82) is 0 Å². The molecule has 2 amide bonds. The molecule has 0 radical (unpaired) electrons. The summed E-state index contributed by atoms with van der Waals surface area (Å²) in [5.41, 5.74) is 6.48. The highest BCUT2D eigenvalue weighted by atomic mass is 16.6. The smallest absolute Gasteiger partial charge is 0.312 e. The van der Waals surface area contributed by atoms with Gasteiger partial charge in [0.25, 0.3) is 5.69 Å². The van der Waals surface area contributed by atoms with Crippen molar-refractivity contribution < 1.29 is 14.5 Å². The zero-order chi connectivity index (χ0) is 14.9. The minimum absolute atomic E-state index is 0.0892. The van der Waals surface area contributed by atoms with Crippen LogP contribution in [0.1, 0.15) is 5.56 Å². The van der Waals surface area contributed by atoms with Crippen LogP contribution in [-0.2, 0) is 16.1 Å². The Balaban J connectivity index is 2.22. The lowest BCUT2D eigenvalue weighted by molar-refractivity contribution is -0.384. The molecule has 0 spiro atoms. The van der Waals surface area contributed by atoms with E-state index in [0.29, 0.717) is 24.3 Å². The molecule has 1 aromatic carbocycles. The molecule has 8 heteroatoms. The van der Waals surface area contributed by atoms with Gasteiger partial charge >= 0.3 is 11.8 Å². The Kier molecular flexibility index (Phi) is 3.55. The summed E-state index contributed by atoms with van der Waals surface area (Å²) in [5, 5.41) is 10.7. The minimum Gasteiger partial charge on any atom is -0.398 e. The number of hydrogen-bond donors (Lipinski definition) is 1. The third-order valence-corrected chi connectivity index (χ3v) is 3.22. The monoisotopic (exact) mass is 278 g/mol. The van der Waals surface area contributed by atoms with Crippen molar-refractivity contribution >= 4 is 23.2 Å². The van der Waals surface area contributed by atoms with Gasteiger partial charge in [-0.15, -0.1) is 0 Å². The fraction of sp³-hybridized carbons (Fsp3) is 0.333. The molecular weight excluding hydrogens is 264 g/mol. The molecule has 1 heterocycles. The first-order valence-corrected chi connectivity index (χ1v) is 5.97. The molecule has 0 aliphatic carbocycles. The van der Waals surface area contributed by atoms with Gasteiger partial charge in [0.15, 0.2) is 0 Å². The van der Waals surface area contributed by atoms with E-state index in [0.717, 1.165) is 0 Å². The summed E-state index contributed by atoms with van der Waals surface area (Å²) in [6.45, 7) is 0.897. The van der Waals surface area contributed by atoms with Crippen molar-refractivity contribution in [3.63, 3.8) is 0 Å². The largest absolute Gasteiger partial charge is 0.398 e. The topological polar surface area (TPSA) is 110 Å². The molecule has 106 valence electrons. The molecular formula is C12H14N4O4. The van der Waals surface area contributed by atoms with Gasteiger partial charge in [-0.05, 0) is 6.07 Å². The number of nitrogen functional groups attached to an aromatic ring is 1. The summed E-state index contributed by atoms with van der Waals surface area (Å²) >= 11 is 0. The lowest BCUT2D eigenvalue weighted by Gasteiger charge is -2.31. The average molecular weight is 278 g/mol. The molecule has 0 unspecified atom stereocenters. The van der Waals surface area contributed by atoms with E-state index >= 15 is 0 Å². The number of likely N-dealkylation sites (N-methyl/N-ethyl adjacent to an activating group) is 1. The second-order valence-electron chi connectivity index (χ2n) is 4.59. The summed E-state index contributed by atoms with van der Waals surface area (Å²) in [6.07, 6.45) is 0. The van der Waals surface area contributed by atoms with Crippen LogP contribution in [0.15, 0.2) is 18.2 Å². The van der Waals surface area contributed by atoms with Gasteiger partial charge < -0.3 is 15.5 Å². The first-order valence-electron chi connectivity index (χ1n) is 5.97. The molecule has 2 N–H and O–H groups in total. The Bertz CT molecular complexity index is 587. The van der Waals surface area contributed by atoms with Gasteiger partial charge in [-0.1, -0.05) is 0 Å². The number of nitrogens with two attached hydrogens (primary N) is 1. The quantitative estimate of drug-likeness (QED) is 0.361. The standard InChI is InChI=1S/C12H14N4O4/c1-14-4-5-15(12(18)11(14)17)7-8-6-9(16(19)20)2-3-10(8)13/h2-3,6H,4-5,7,13H2,1H3. The highest BCUT2D eigenvalue weighted by Gasteiger charge is 2.30.